The van der Waals surface area contributed by atoms with Crippen molar-refractivity contribution in [3.8, 4) is 0 Å². The minimum Gasteiger partial charge on any atom is -0.389 e. The van der Waals surface area contributed by atoms with Gasteiger partial charge in [-0.1, -0.05) is 29.8 Å². The summed E-state index contributed by atoms with van der Waals surface area (Å²) in [6, 6.07) is 15.1. The minimum atomic E-state index is -3.35. The highest BCUT2D eigenvalue weighted by molar-refractivity contribution is 7.91. The third-order valence-corrected chi connectivity index (χ3v) is 7.94. The topological polar surface area (TPSA) is 94.0 Å². The van der Waals surface area contributed by atoms with Gasteiger partial charge in [0.15, 0.2) is 9.84 Å². The van der Waals surface area contributed by atoms with E-state index in [4.69, 9.17) is 4.98 Å². The summed E-state index contributed by atoms with van der Waals surface area (Å²) in [5.41, 5.74) is 3.55. The highest BCUT2D eigenvalue weighted by atomic mass is 32.2. The number of anilines is 2. The highest BCUT2D eigenvalue weighted by Gasteiger charge is 2.32. The fourth-order valence-corrected chi connectivity index (χ4v) is 5.96. The maximum absolute atomic E-state index is 12.8. The van der Waals surface area contributed by atoms with Crippen molar-refractivity contribution in [2.24, 2.45) is 0 Å². The molecule has 0 amide bonds. The van der Waals surface area contributed by atoms with Gasteiger partial charge in [-0.05, 0) is 30.7 Å². The lowest BCUT2D eigenvalue weighted by Gasteiger charge is -2.26. The van der Waals surface area contributed by atoms with Crippen molar-refractivity contribution in [1.29, 1.82) is 0 Å². The van der Waals surface area contributed by atoms with Gasteiger partial charge in [0.05, 0.1) is 34.1 Å². The first-order valence-corrected chi connectivity index (χ1v) is 12.1. The van der Waals surface area contributed by atoms with E-state index in [1.807, 2.05) is 47.1 Å². The summed E-state index contributed by atoms with van der Waals surface area (Å²) in [5.74, 6) is 0.711. The monoisotopic (exact) mass is 439 g/mol. The van der Waals surface area contributed by atoms with E-state index < -0.39 is 22.0 Å². The van der Waals surface area contributed by atoms with Crippen LogP contribution in [0.15, 0.2) is 53.4 Å². The van der Waals surface area contributed by atoms with Crippen LogP contribution in [0.5, 0.6) is 0 Å². The average molecular weight is 440 g/mol. The Morgan fingerprint density at radius 1 is 1.00 bits per heavy atom. The zero-order valence-corrected chi connectivity index (χ0v) is 18.1. The van der Waals surface area contributed by atoms with Crippen LogP contribution in [0, 0.1) is 6.92 Å². The zero-order chi connectivity index (χ0) is 21.8. The van der Waals surface area contributed by atoms with Gasteiger partial charge in [-0.2, -0.15) is 0 Å². The van der Waals surface area contributed by atoms with Gasteiger partial charge < -0.3 is 20.0 Å². The van der Waals surface area contributed by atoms with Crippen LogP contribution in [0.25, 0.3) is 10.9 Å². The summed E-state index contributed by atoms with van der Waals surface area (Å²) in [7, 11) is -3.35. The van der Waals surface area contributed by atoms with Gasteiger partial charge in [-0.25, -0.2) is 13.4 Å². The molecule has 3 aromatic rings. The number of hydrogen-bond donors (Lipinski definition) is 2. The maximum Gasteiger partial charge on any atom is 0.180 e. The standard InChI is InChI=1S/C23H25N3O4S/c1-15-6-7-18-17(10-15)19(26-13-20(27)21(28)14-26)11-23(24-18)25-8-9-31(29,30)22-5-3-2-4-16(22)12-25/h2-7,10-11,20-21,27-28H,8-9,12-14H2,1H3/t20-,21-/m0/s1. The largest absolute Gasteiger partial charge is 0.389 e. The molecular formula is C23H25N3O4S. The van der Waals surface area contributed by atoms with E-state index in [1.165, 1.54) is 0 Å². The van der Waals surface area contributed by atoms with Gasteiger partial charge in [0, 0.05) is 37.6 Å². The van der Waals surface area contributed by atoms with Crippen molar-refractivity contribution in [1.82, 2.24) is 4.98 Å². The molecule has 0 radical (unpaired) electrons. The van der Waals surface area contributed by atoms with Gasteiger partial charge in [-0.15, -0.1) is 0 Å². The molecule has 1 fully saturated rings. The van der Waals surface area contributed by atoms with Crippen LogP contribution in [0.2, 0.25) is 0 Å². The Hall–Kier alpha value is -2.68. The molecule has 0 spiro atoms. The third kappa shape index (κ3) is 3.64. The number of hydrogen-bond acceptors (Lipinski definition) is 7. The lowest BCUT2D eigenvalue weighted by Crippen LogP contribution is -2.27. The molecule has 1 aromatic heterocycles. The molecule has 2 aliphatic heterocycles. The number of β-amino-alcohol motifs (C(OH)–C–C–N with tert-alkyl or cyclic N) is 2. The van der Waals surface area contributed by atoms with Gasteiger partial charge in [0.25, 0.3) is 0 Å². The normalized spacial score (nSPS) is 23.1. The summed E-state index contributed by atoms with van der Waals surface area (Å²) < 4.78 is 25.5. The number of pyridine rings is 1. The molecule has 3 heterocycles. The molecular weight excluding hydrogens is 414 g/mol. The van der Waals surface area contributed by atoms with Crippen molar-refractivity contribution in [2.75, 3.05) is 35.2 Å². The second-order valence-corrected chi connectivity index (χ2v) is 10.5. The summed E-state index contributed by atoms with van der Waals surface area (Å²) in [5, 5.41) is 21.1. The van der Waals surface area contributed by atoms with Crippen LogP contribution >= 0.6 is 0 Å². The minimum absolute atomic E-state index is 0.0219. The van der Waals surface area contributed by atoms with Gasteiger partial charge in [0.1, 0.15) is 5.82 Å². The smallest absolute Gasteiger partial charge is 0.180 e. The summed E-state index contributed by atoms with van der Waals surface area (Å²) in [6.45, 7) is 3.48. The third-order valence-electron chi connectivity index (χ3n) is 6.15. The molecule has 0 aliphatic carbocycles. The summed E-state index contributed by atoms with van der Waals surface area (Å²) in [4.78, 5) is 9.21. The quantitative estimate of drug-likeness (QED) is 0.630. The molecule has 2 atom stereocenters. The number of rotatable bonds is 2. The van der Waals surface area contributed by atoms with Crippen LogP contribution < -0.4 is 9.80 Å². The lowest BCUT2D eigenvalue weighted by molar-refractivity contribution is 0.0572. The molecule has 0 unspecified atom stereocenters. The predicted octanol–water partition coefficient (Wildman–Crippen LogP) is 1.88. The first-order valence-electron chi connectivity index (χ1n) is 10.4. The lowest BCUT2D eigenvalue weighted by atomic mass is 10.1. The number of aryl methyl sites for hydroxylation is 1. The van der Waals surface area contributed by atoms with E-state index in [1.54, 1.807) is 12.1 Å². The summed E-state index contributed by atoms with van der Waals surface area (Å²) in [6.07, 6.45) is -1.60. The van der Waals surface area contributed by atoms with E-state index in [2.05, 4.69) is 6.07 Å². The first-order chi connectivity index (χ1) is 14.8. The Bertz CT molecular complexity index is 1250. The predicted molar refractivity (Wildman–Crippen MR) is 120 cm³/mol. The number of aliphatic hydroxyl groups excluding tert-OH is 2. The number of benzene rings is 2. The Balaban J connectivity index is 1.62. The molecule has 7 nitrogen and oxygen atoms in total. The summed E-state index contributed by atoms with van der Waals surface area (Å²) >= 11 is 0. The molecule has 8 heteroatoms. The van der Waals surface area contributed by atoms with Gasteiger partial charge in [-0.3, -0.25) is 0 Å². The number of aromatic nitrogens is 1. The van der Waals surface area contributed by atoms with Crippen molar-refractivity contribution < 1.29 is 18.6 Å². The van der Waals surface area contributed by atoms with Crippen molar-refractivity contribution in [2.45, 2.75) is 30.6 Å². The van der Waals surface area contributed by atoms with E-state index in [-0.39, 0.29) is 5.75 Å². The fourth-order valence-electron chi connectivity index (χ4n) is 4.46. The van der Waals surface area contributed by atoms with E-state index in [0.717, 1.165) is 27.7 Å². The SMILES string of the molecule is Cc1ccc2nc(N3CCS(=O)(=O)c4ccccc4C3)cc(N3C[C@H](O)[C@@H](O)C3)c2c1. The molecule has 0 bridgehead atoms. The van der Waals surface area contributed by atoms with Crippen LogP contribution in [0.4, 0.5) is 11.5 Å². The van der Waals surface area contributed by atoms with Crippen molar-refractivity contribution in [3.63, 3.8) is 0 Å². The molecule has 31 heavy (non-hydrogen) atoms. The van der Waals surface area contributed by atoms with Crippen LogP contribution in [-0.4, -0.2) is 61.2 Å². The average Bonchev–Trinajstić information content (AvgIpc) is 3.01. The molecule has 0 saturated carbocycles. The number of aliphatic hydroxyl groups is 2. The maximum atomic E-state index is 12.8. The van der Waals surface area contributed by atoms with E-state index in [9.17, 15) is 18.6 Å². The van der Waals surface area contributed by atoms with Crippen molar-refractivity contribution in [3.05, 3.63) is 59.7 Å². The van der Waals surface area contributed by atoms with E-state index in [0.29, 0.717) is 36.9 Å². The Morgan fingerprint density at radius 3 is 2.52 bits per heavy atom. The molecule has 2 aromatic carbocycles. The number of nitrogens with zero attached hydrogens (tertiary/aromatic N) is 3. The van der Waals surface area contributed by atoms with Crippen LogP contribution in [0.1, 0.15) is 11.1 Å². The molecule has 1 saturated heterocycles. The molecule has 2 aliphatic rings. The Kier molecular flexibility index (Phi) is 4.88. The second kappa shape index (κ2) is 7.47. The Morgan fingerprint density at radius 2 is 1.74 bits per heavy atom. The van der Waals surface area contributed by atoms with Crippen molar-refractivity contribution >= 4 is 32.2 Å². The zero-order valence-electron chi connectivity index (χ0n) is 17.3. The van der Waals surface area contributed by atoms with Crippen LogP contribution in [0.3, 0.4) is 0 Å². The second-order valence-electron chi connectivity index (χ2n) is 8.41. The van der Waals surface area contributed by atoms with Gasteiger partial charge in [0.2, 0.25) is 0 Å². The number of fused-ring (bicyclic) bond motifs is 2. The molecule has 5 rings (SSSR count). The van der Waals surface area contributed by atoms with Crippen LogP contribution in [-0.2, 0) is 16.4 Å². The van der Waals surface area contributed by atoms with Gasteiger partial charge >= 0.3 is 0 Å². The molecule has 162 valence electrons. The highest BCUT2D eigenvalue weighted by Crippen LogP contribution is 2.34. The van der Waals surface area contributed by atoms with E-state index >= 15 is 0 Å². The first kappa shape index (κ1) is 20.2. The molecule has 2 N–H and O–H groups in total. The Labute approximate surface area is 181 Å². The number of sulfone groups is 1. The fraction of sp³-hybridized carbons (Fsp3) is 0.348.